The Hall–Kier alpha value is -2.11. The van der Waals surface area contributed by atoms with Crippen molar-refractivity contribution in [3.05, 3.63) is 5.56 Å². The van der Waals surface area contributed by atoms with Crippen LogP contribution in [0.25, 0.3) is 0 Å². The Kier molecular flexibility index (Phi) is 5.98. The molecule has 2 aromatic rings. The Labute approximate surface area is 156 Å². The Bertz CT molecular complexity index is 529. The van der Waals surface area contributed by atoms with E-state index in [2.05, 4.69) is 37.9 Å². The molecule has 0 aromatic heterocycles. The number of nitrogen functional groups attached to an aromatic ring is 8. The van der Waals surface area contributed by atoms with Crippen LogP contribution in [0.15, 0.2) is 14.7 Å². The molecule has 2 aromatic carbocycles. The first-order chi connectivity index (χ1) is 10.9. The van der Waals surface area contributed by atoms with E-state index in [1.807, 2.05) is 6.92 Å². The summed E-state index contributed by atoms with van der Waals surface area (Å²) in [6.45, 7) is 1.87. The van der Waals surface area contributed by atoms with E-state index in [9.17, 15) is 0 Å². The quantitative estimate of drug-likeness (QED) is 0.233. The fourth-order valence-electron chi connectivity index (χ4n) is 1.76. The first-order valence-corrected chi connectivity index (χ1v) is 7.82. The average Bonchev–Trinajstić information content (AvgIpc) is 2.58. The van der Waals surface area contributed by atoms with E-state index < -0.39 is 0 Å². The van der Waals surface area contributed by atoms with E-state index in [0.717, 1.165) is 5.56 Å². The molecule has 0 bridgehead atoms. The highest BCUT2D eigenvalue weighted by molar-refractivity contribution is 7.82. The Morgan fingerprint density at radius 1 is 0.417 bits per heavy atom. The van der Waals surface area contributed by atoms with Crippen molar-refractivity contribution in [1.29, 1.82) is 0 Å². The molecule has 0 fully saturated rings. The lowest BCUT2D eigenvalue weighted by molar-refractivity contribution is 1.17. The summed E-state index contributed by atoms with van der Waals surface area (Å²) in [5.41, 5.74) is 47.3. The van der Waals surface area contributed by atoms with Crippen LogP contribution in [0.2, 0.25) is 0 Å². The molecule has 0 aliphatic heterocycles. The topological polar surface area (TPSA) is 208 Å². The van der Waals surface area contributed by atoms with Crippen molar-refractivity contribution >= 4 is 83.4 Å². The summed E-state index contributed by atoms with van der Waals surface area (Å²) >= 11 is 12.6. The summed E-state index contributed by atoms with van der Waals surface area (Å²) in [5, 5.41) is 0. The van der Waals surface area contributed by atoms with Crippen molar-refractivity contribution in [2.75, 3.05) is 45.9 Å². The Balaban J connectivity index is 0.000000240. The molecule has 24 heavy (non-hydrogen) atoms. The van der Waals surface area contributed by atoms with E-state index in [0.29, 0.717) is 26.1 Å². The van der Waals surface area contributed by atoms with Crippen LogP contribution in [-0.2, 0) is 0 Å². The molecular weight excluding hydrogens is 364 g/mol. The van der Waals surface area contributed by atoms with E-state index in [1.165, 1.54) is 0 Å². The monoisotopic (exact) mass is 386 g/mol. The van der Waals surface area contributed by atoms with Crippen molar-refractivity contribution in [1.82, 2.24) is 0 Å². The van der Waals surface area contributed by atoms with Crippen molar-refractivity contribution in [2.24, 2.45) is 0 Å². The SMILES string of the molecule is Cc1c(S)c(N)c(S)c(N)c1S.Nc1c(N)c(N)c(N)c(N)c1N. The molecule has 0 unspecified atom stereocenters. The molecular formula is C13H22N8S3. The van der Waals surface area contributed by atoms with E-state index in [-0.39, 0.29) is 34.1 Å². The van der Waals surface area contributed by atoms with E-state index in [1.54, 1.807) is 0 Å². The second-order valence-electron chi connectivity index (χ2n) is 4.98. The minimum absolute atomic E-state index is 0.180. The maximum Gasteiger partial charge on any atom is 0.0825 e. The van der Waals surface area contributed by atoms with Gasteiger partial charge in [-0.25, -0.2) is 0 Å². The maximum absolute atomic E-state index is 5.69. The highest BCUT2D eigenvalue weighted by Gasteiger charge is 2.13. The van der Waals surface area contributed by atoms with Crippen LogP contribution < -0.4 is 45.9 Å². The van der Waals surface area contributed by atoms with Gasteiger partial charge in [0.05, 0.1) is 50.4 Å². The lowest BCUT2D eigenvalue weighted by atomic mass is 10.1. The van der Waals surface area contributed by atoms with Crippen molar-refractivity contribution in [2.45, 2.75) is 21.6 Å². The molecule has 0 aliphatic carbocycles. The van der Waals surface area contributed by atoms with Crippen molar-refractivity contribution in [3.63, 3.8) is 0 Å². The van der Waals surface area contributed by atoms with Crippen LogP contribution in [0.1, 0.15) is 5.56 Å². The van der Waals surface area contributed by atoms with Gasteiger partial charge in [0.25, 0.3) is 0 Å². The van der Waals surface area contributed by atoms with Gasteiger partial charge in [0.15, 0.2) is 0 Å². The molecule has 0 aliphatic rings. The number of thiol groups is 3. The van der Waals surface area contributed by atoms with Gasteiger partial charge >= 0.3 is 0 Å². The van der Waals surface area contributed by atoms with Crippen LogP contribution in [0, 0.1) is 6.92 Å². The lowest BCUT2D eigenvalue weighted by Gasteiger charge is -2.13. The minimum Gasteiger partial charge on any atom is -0.397 e. The fraction of sp³-hybridized carbons (Fsp3) is 0.0769. The number of hydrogen-bond donors (Lipinski definition) is 11. The van der Waals surface area contributed by atoms with Crippen LogP contribution >= 0.6 is 37.9 Å². The first-order valence-electron chi connectivity index (χ1n) is 6.48. The highest BCUT2D eigenvalue weighted by atomic mass is 32.1. The first kappa shape index (κ1) is 19.9. The molecule has 11 heteroatoms. The van der Waals surface area contributed by atoms with Gasteiger partial charge in [-0.3, -0.25) is 0 Å². The summed E-state index contributed by atoms with van der Waals surface area (Å²) < 4.78 is 0. The number of benzene rings is 2. The maximum atomic E-state index is 5.69. The molecule has 16 N–H and O–H groups in total. The van der Waals surface area contributed by atoms with Gasteiger partial charge < -0.3 is 45.9 Å². The van der Waals surface area contributed by atoms with Crippen molar-refractivity contribution < 1.29 is 0 Å². The summed E-state index contributed by atoms with van der Waals surface area (Å²) in [4.78, 5) is 1.94. The highest BCUT2D eigenvalue weighted by Crippen LogP contribution is 2.40. The molecule has 0 atom stereocenters. The molecule has 0 saturated heterocycles. The summed E-state index contributed by atoms with van der Waals surface area (Å²) in [6.07, 6.45) is 0. The summed E-state index contributed by atoms with van der Waals surface area (Å²) in [6, 6.07) is 0. The normalized spacial score (nSPS) is 10.2. The third kappa shape index (κ3) is 3.37. The molecule has 0 spiro atoms. The molecule has 0 saturated carbocycles. The van der Waals surface area contributed by atoms with Gasteiger partial charge in [0.1, 0.15) is 0 Å². The van der Waals surface area contributed by atoms with Gasteiger partial charge in [0.2, 0.25) is 0 Å². The van der Waals surface area contributed by atoms with Gasteiger partial charge in [-0.2, -0.15) is 0 Å². The zero-order valence-corrected chi connectivity index (χ0v) is 15.6. The second kappa shape index (κ2) is 7.20. The predicted molar refractivity (Wildman–Crippen MR) is 115 cm³/mol. The predicted octanol–water partition coefficient (Wildman–Crippen LogP) is 1.21. The standard InChI is InChI=1S/C7H10N2S3.C6H12N6/c1-2-5(10)3(8)7(12)4(9)6(2)11;7-1-2(8)4(10)6(12)5(11)3(1)9/h10-12H,8-9H2,1H3;7-12H2. The lowest BCUT2D eigenvalue weighted by Crippen LogP contribution is -2.10. The van der Waals surface area contributed by atoms with Gasteiger partial charge in [-0.1, -0.05) is 0 Å². The smallest absolute Gasteiger partial charge is 0.0825 e. The zero-order chi connectivity index (χ0) is 18.9. The summed E-state index contributed by atoms with van der Waals surface area (Å²) in [5.74, 6) is 0. The fourth-order valence-corrected chi connectivity index (χ4v) is 2.69. The van der Waals surface area contributed by atoms with Gasteiger partial charge in [-0.15, -0.1) is 37.9 Å². The molecule has 8 nitrogen and oxygen atoms in total. The van der Waals surface area contributed by atoms with Gasteiger partial charge in [0, 0.05) is 9.79 Å². The van der Waals surface area contributed by atoms with Crippen LogP contribution in [0.3, 0.4) is 0 Å². The van der Waals surface area contributed by atoms with E-state index >= 15 is 0 Å². The zero-order valence-electron chi connectivity index (χ0n) is 13.0. The van der Waals surface area contributed by atoms with E-state index in [4.69, 9.17) is 45.9 Å². The third-order valence-corrected chi connectivity index (χ3v) is 5.11. The van der Waals surface area contributed by atoms with Gasteiger partial charge in [-0.05, 0) is 12.5 Å². The van der Waals surface area contributed by atoms with Crippen molar-refractivity contribution in [3.8, 4) is 0 Å². The van der Waals surface area contributed by atoms with Crippen LogP contribution in [-0.4, -0.2) is 0 Å². The number of anilines is 8. The molecule has 0 amide bonds. The number of rotatable bonds is 0. The molecule has 132 valence electrons. The second-order valence-corrected chi connectivity index (χ2v) is 6.32. The number of hydrogen-bond acceptors (Lipinski definition) is 11. The third-order valence-electron chi connectivity index (χ3n) is 3.47. The largest absolute Gasteiger partial charge is 0.397 e. The molecule has 0 radical (unpaired) electrons. The Morgan fingerprint density at radius 2 is 0.625 bits per heavy atom. The number of nitrogens with two attached hydrogens (primary N) is 8. The molecule has 2 rings (SSSR count). The Morgan fingerprint density at radius 3 is 0.833 bits per heavy atom. The summed E-state index contributed by atoms with van der Waals surface area (Å²) in [7, 11) is 0. The van der Waals surface area contributed by atoms with Crippen LogP contribution in [0.4, 0.5) is 45.5 Å². The average molecular weight is 387 g/mol. The molecule has 0 heterocycles. The van der Waals surface area contributed by atoms with Crippen LogP contribution in [0.5, 0.6) is 0 Å². The minimum atomic E-state index is 0.180.